The highest BCUT2D eigenvalue weighted by atomic mass is 32.1. The van der Waals surface area contributed by atoms with E-state index in [4.69, 9.17) is 5.73 Å². The second-order valence-corrected chi connectivity index (χ2v) is 6.47. The molecule has 24 heavy (non-hydrogen) atoms. The van der Waals surface area contributed by atoms with Gasteiger partial charge in [-0.2, -0.15) is 0 Å². The van der Waals surface area contributed by atoms with E-state index in [1.54, 1.807) is 17.6 Å². The van der Waals surface area contributed by atoms with Crippen molar-refractivity contribution in [3.8, 4) is 11.3 Å². The highest BCUT2D eigenvalue weighted by Crippen LogP contribution is 2.28. The van der Waals surface area contributed by atoms with Gasteiger partial charge in [0.25, 0.3) is 11.8 Å². The number of carbonyl (C=O) groups is 2. The van der Waals surface area contributed by atoms with Gasteiger partial charge in [0.2, 0.25) is 0 Å². The van der Waals surface area contributed by atoms with Crippen molar-refractivity contribution in [2.75, 3.05) is 5.32 Å². The lowest BCUT2D eigenvalue weighted by atomic mass is 10.2. The van der Waals surface area contributed by atoms with E-state index in [9.17, 15) is 19.7 Å². The third-order valence-corrected chi connectivity index (χ3v) is 4.76. The van der Waals surface area contributed by atoms with Gasteiger partial charge < -0.3 is 10.7 Å². The Morgan fingerprint density at radius 2 is 2.17 bits per heavy atom. The van der Waals surface area contributed by atoms with Gasteiger partial charge >= 0.3 is 5.00 Å². The number of carbonyl (C=O) groups excluding carboxylic acids is 2. The summed E-state index contributed by atoms with van der Waals surface area (Å²) >= 11 is 1.98. The van der Waals surface area contributed by atoms with E-state index in [0.29, 0.717) is 16.4 Å². The molecule has 0 aliphatic heterocycles. The van der Waals surface area contributed by atoms with E-state index in [2.05, 4.69) is 15.3 Å². The maximum Gasteiger partial charge on any atom is 0.324 e. The zero-order valence-electron chi connectivity index (χ0n) is 11.8. The minimum atomic E-state index is -0.579. The van der Waals surface area contributed by atoms with Crippen LogP contribution in [0, 0.1) is 10.1 Å². The highest BCUT2D eigenvalue weighted by Gasteiger charge is 2.17. The van der Waals surface area contributed by atoms with Crippen molar-refractivity contribution in [1.29, 1.82) is 0 Å². The van der Waals surface area contributed by atoms with Gasteiger partial charge in [0.15, 0.2) is 5.13 Å². The first-order valence-corrected chi connectivity index (χ1v) is 8.13. The Hall–Kier alpha value is -3.05. The van der Waals surface area contributed by atoms with Crippen LogP contribution in [0.5, 0.6) is 0 Å². The van der Waals surface area contributed by atoms with Gasteiger partial charge in [-0.15, -0.1) is 11.3 Å². The Morgan fingerprint density at radius 1 is 1.38 bits per heavy atom. The number of nitrogens with two attached hydrogens (primary N) is 1. The van der Waals surface area contributed by atoms with Gasteiger partial charge in [0.1, 0.15) is 5.69 Å². The fourth-order valence-corrected chi connectivity index (χ4v) is 3.29. The third-order valence-electron chi connectivity index (χ3n) is 2.96. The van der Waals surface area contributed by atoms with Crippen molar-refractivity contribution in [2.24, 2.45) is 5.73 Å². The molecule has 0 aromatic carbocycles. The first-order chi connectivity index (χ1) is 11.4. The molecule has 0 saturated heterocycles. The molecular formula is C13H9N5O4S2. The van der Waals surface area contributed by atoms with E-state index < -0.39 is 16.7 Å². The normalized spacial score (nSPS) is 10.5. The summed E-state index contributed by atoms with van der Waals surface area (Å²) in [5.41, 5.74) is 6.66. The van der Waals surface area contributed by atoms with Gasteiger partial charge in [-0.05, 0) is 12.1 Å². The van der Waals surface area contributed by atoms with Crippen molar-refractivity contribution in [2.45, 2.75) is 0 Å². The molecule has 0 saturated carbocycles. The molecule has 0 aliphatic rings. The maximum absolute atomic E-state index is 12.1. The fourth-order valence-electron chi connectivity index (χ4n) is 1.85. The number of H-pyrrole nitrogens is 1. The average molecular weight is 363 g/mol. The van der Waals surface area contributed by atoms with E-state index in [-0.39, 0.29) is 15.6 Å². The topological polar surface area (TPSA) is 144 Å². The number of primary amides is 1. The Morgan fingerprint density at radius 3 is 2.79 bits per heavy atom. The minimum Gasteiger partial charge on any atom is -0.364 e. The Labute approximate surface area is 142 Å². The maximum atomic E-state index is 12.1. The lowest BCUT2D eigenvalue weighted by Gasteiger charge is -1.97. The molecule has 3 heterocycles. The van der Waals surface area contributed by atoms with Crippen molar-refractivity contribution >= 4 is 44.6 Å². The fraction of sp³-hybridized carbons (Fsp3) is 0. The summed E-state index contributed by atoms with van der Waals surface area (Å²) in [4.78, 5) is 40.4. The van der Waals surface area contributed by atoms with Gasteiger partial charge in [-0.25, -0.2) is 4.98 Å². The molecule has 2 amide bonds. The molecule has 4 N–H and O–H groups in total. The van der Waals surface area contributed by atoms with Crippen LogP contribution in [0.15, 0.2) is 29.8 Å². The quantitative estimate of drug-likeness (QED) is 0.471. The summed E-state index contributed by atoms with van der Waals surface area (Å²) in [6.07, 6.45) is 1.59. The third kappa shape index (κ3) is 3.16. The number of hydrogen-bond donors (Lipinski definition) is 3. The molecule has 0 fully saturated rings. The second kappa shape index (κ2) is 6.22. The van der Waals surface area contributed by atoms with Crippen molar-refractivity contribution in [3.05, 3.63) is 50.5 Å². The number of aromatic nitrogens is 2. The summed E-state index contributed by atoms with van der Waals surface area (Å²) < 4.78 is 0. The number of nitrogens with zero attached hydrogens (tertiary/aromatic N) is 2. The lowest BCUT2D eigenvalue weighted by molar-refractivity contribution is -0.380. The molecule has 0 unspecified atom stereocenters. The number of aromatic amines is 1. The molecule has 9 nitrogen and oxygen atoms in total. The summed E-state index contributed by atoms with van der Waals surface area (Å²) in [5, 5.41) is 15.2. The van der Waals surface area contributed by atoms with Gasteiger partial charge in [0.05, 0.1) is 15.5 Å². The van der Waals surface area contributed by atoms with Gasteiger partial charge in [0, 0.05) is 23.2 Å². The number of anilines is 1. The van der Waals surface area contributed by atoms with Crippen LogP contribution >= 0.6 is 22.7 Å². The van der Waals surface area contributed by atoms with Crippen LogP contribution in [0.25, 0.3) is 11.3 Å². The van der Waals surface area contributed by atoms with E-state index >= 15 is 0 Å². The lowest BCUT2D eigenvalue weighted by Crippen LogP contribution is -2.10. The molecule has 11 heteroatoms. The highest BCUT2D eigenvalue weighted by molar-refractivity contribution is 7.17. The molecule has 3 aromatic heterocycles. The molecule has 0 atom stereocenters. The molecule has 3 aromatic rings. The standard InChI is InChI=1S/C13H9N5O4S2/c14-11(19)7-3-6(4-15-7)8-5-23-13(16-8)17-12(20)9-1-2-10(24-9)18(21)22/h1-5,15H,(H2,14,19)(H,16,17,20). The van der Waals surface area contributed by atoms with Crippen LogP contribution in [0.4, 0.5) is 10.1 Å². The molecule has 3 rings (SSSR count). The number of hydrogen-bond acceptors (Lipinski definition) is 7. The molecular weight excluding hydrogens is 354 g/mol. The van der Waals surface area contributed by atoms with E-state index in [1.807, 2.05) is 0 Å². The number of amides is 2. The Balaban J connectivity index is 1.74. The second-order valence-electron chi connectivity index (χ2n) is 4.55. The Bertz CT molecular complexity index is 942. The number of thiazole rings is 1. The number of nitro groups is 1. The summed E-state index contributed by atoms with van der Waals surface area (Å²) in [6, 6.07) is 4.22. The van der Waals surface area contributed by atoms with Crippen LogP contribution in [0.2, 0.25) is 0 Å². The first-order valence-electron chi connectivity index (χ1n) is 6.44. The first kappa shape index (κ1) is 15.8. The van der Waals surface area contributed by atoms with Crippen molar-refractivity contribution in [1.82, 2.24) is 9.97 Å². The predicted molar refractivity (Wildman–Crippen MR) is 89.3 cm³/mol. The molecule has 0 spiro atoms. The average Bonchev–Trinajstić information content (AvgIpc) is 3.26. The molecule has 0 aliphatic carbocycles. The van der Waals surface area contributed by atoms with Crippen LogP contribution in [-0.4, -0.2) is 26.7 Å². The molecule has 0 radical (unpaired) electrons. The molecule has 122 valence electrons. The van der Waals surface area contributed by atoms with Crippen LogP contribution < -0.4 is 11.1 Å². The SMILES string of the molecule is NC(=O)c1cc(-c2csc(NC(=O)c3ccc([N+](=O)[O-])s3)n2)c[nH]1. The number of nitrogens with one attached hydrogen (secondary N) is 2. The van der Waals surface area contributed by atoms with E-state index in [0.717, 1.165) is 11.3 Å². The van der Waals surface area contributed by atoms with Crippen molar-refractivity contribution < 1.29 is 14.5 Å². The van der Waals surface area contributed by atoms with E-state index in [1.165, 1.54) is 23.5 Å². The summed E-state index contributed by atoms with van der Waals surface area (Å²) in [6.45, 7) is 0. The zero-order valence-corrected chi connectivity index (χ0v) is 13.4. The number of rotatable bonds is 5. The predicted octanol–water partition coefficient (Wildman–Crippen LogP) is 2.46. The van der Waals surface area contributed by atoms with Crippen LogP contribution in [-0.2, 0) is 0 Å². The van der Waals surface area contributed by atoms with Crippen molar-refractivity contribution in [3.63, 3.8) is 0 Å². The monoisotopic (exact) mass is 363 g/mol. The number of thiophene rings is 1. The smallest absolute Gasteiger partial charge is 0.324 e. The van der Waals surface area contributed by atoms with Gasteiger partial charge in [-0.3, -0.25) is 25.0 Å². The summed E-state index contributed by atoms with van der Waals surface area (Å²) in [5.74, 6) is -1.05. The summed E-state index contributed by atoms with van der Waals surface area (Å²) in [7, 11) is 0. The van der Waals surface area contributed by atoms with Gasteiger partial charge in [-0.1, -0.05) is 11.3 Å². The van der Waals surface area contributed by atoms with Crippen LogP contribution in [0.3, 0.4) is 0 Å². The Kier molecular flexibility index (Phi) is 4.10. The zero-order chi connectivity index (χ0) is 17.3. The van der Waals surface area contributed by atoms with Crippen LogP contribution in [0.1, 0.15) is 20.2 Å². The molecule has 0 bridgehead atoms. The minimum absolute atomic E-state index is 0.105. The largest absolute Gasteiger partial charge is 0.364 e.